The third-order valence-electron chi connectivity index (χ3n) is 5.72. The van der Waals surface area contributed by atoms with Gasteiger partial charge in [-0.1, -0.05) is 11.6 Å². The van der Waals surface area contributed by atoms with Gasteiger partial charge in [0, 0.05) is 31.7 Å². The molecule has 1 saturated carbocycles. The van der Waals surface area contributed by atoms with Crippen LogP contribution in [-0.4, -0.2) is 53.5 Å². The summed E-state index contributed by atoms with van der Waals surface area (Å²) in [5, 5.41) is 7.72. The molecule has 0 radical (unpaired) electrons. The molecule has 1 aromatic heterocycles. The van der Waals surface area contributed by atoms with Gasteiger partial charge in [-0.25, -0.2) is 13.8 Å². The monoisotopic (exact) mass is 497 g/mol. The van der Waals surface area contributed by atoms with Crippen molar-refractivity contribution in [1.29, 1.82) is 0 Å². The highest BCUT2D eigenvalue weighted by Crippen LogP contribution is 2.30. The van der Waals surface area contributed by atoms with Crippen molar-refractivity contribution in [3.8, 4) is 0 Å². The first-order valence-electron chi connectivity index (χ1n) is 10.8. The van der Waals surface area contributed by atoms with Crippen molar-refractivity contribution < 1.29 is 27.9 Å². The SMILES string of the molecule is COC(C)CNC(=O)c1nc[nH]c1C(=O)N[C@H]1CC[C@H](C(=O)Nc2c(F)cc(F)cc2Cl)CC1. The number of rotatable bonds is 8. The number of hydrogen-bond donors (Lipinski definition) is 4. The third-order valence-corrected chi connectivity index (χ3v) is 6.02. The number of nitrogens with one attached hydrogen (secondary N) is 4. The van der Waals surface area contributed by atoms with E-state index in [4.69, 9.17) is 16.3 Å². The zero-order chi connectivity index (χ0) is 24.8. The first kappa shape index (κ1) is 25.6. The van der Waals surface area contributed by atoms with E-state index in [9.17, 15) is 23.2 Å². The van der Waals surface area contributed by atoms with E-state index in [2.05, 4.69) is 25.9 Å². The lowest BCUT2D eigenvalue weighted by Gasteiger charge is -2.28. The Morgan fingerprint density at radius 2 is 1.91 bits per heavy atom. The highest BCUT2D eigenvalue weighted by atomic mass is 35.5. The maximum absolute atomic E-state index is 13.9. The molecule has 0 saturated heterocycles. The molecule has 12 heteroatoms. The molecule has 0 bridgehead atoms. The lowest BCUT2D eigenvalue weighted by molar-refractivity contribution is -0.120. The zero-order valence-electron chi connectivity index (χ0n) is 18.7. The minimum absolute atomic E-state index is 0.0212. The Hall–Kier alpha value is -3.05. The number of anilines is 1. The quantitative estimate of drug-likeness (QED) is 0.446. The molecule has 2 aromatic rings. The van der Waals surface area contributed by atoms with E-state index in [1.54, 1.807) is 6.92 Å². The first-order chi connectivity index (χ1) is 16.2. The van der Waals surface area contributed by atoms with Gasteiger partial charge in [0.05, 0.1) is 23.1 Å². The molecular weight excluding hydrogens is 472 g/mol. The summed E-state index contributed by atoms with van der Waals surface area (Å²) in [7, 11) is 1.53. The summed E-state index contributed by atoms with van der Waals surface area (Å²) >= 11 is 5.84. The van der Waals surface area contributed by atoms with Crippen molar-refractivity contribution in [2.75, 3.05) is 19.0 Å². The minimum atomic E-state index is -0.949. The Morgan fingerprint density at radius 1 is 1.21 bits per heavy atom. The highest BCUT2D eigenvalue weighted by molar-refractivity contribution is 6.33. The van der Waals surface area contributed by atoms with Gasteiger partial charge < -0.3 is 25.7 Å². The van der Waals surface area contributed by atoms with Crippen molar-refractivity contribution in [3.63, 3.8) is 0 Å². The molecule has 0 aliphatic heterocycles. The summed E-state index contributed by atoms with van der Waals surface area (Å²) in [5.74, 6) is -3.59. The predicted molar refractivity (Wildman–Crippen MR) is 121 cm³/mol. The van der Waals surface area contributed by atoms with Gasteiger partial charge in [0.25, 0.3) is 11.8 Å². The maximum Gasteiger partial charge on any atom is 0.272 e. The fraction of sp³-hybridized carbons (Fsp3) is 0.455. The number of halogens is 3. The fourth-order valence-electron chi connectivity index (χ4n) is 3.69. The van der Waals surface area contributed by atoms with E-state index in [1.165, 1.54) is 13.4 Å². The molecule has 1 atom stereocenters. The number of imidazole rings is 1. The molecule has 34 heavy (non-hydrogen) atoms. The molecule has 9 nitrogen and oxygen atoms in total. The summed E-state index contributed by atoms with van der Waals surface area (Å²) < 4.78 is 32.2. The van der Waals surface area contributed by atoms with Crippen molar-refractivity contribution >= 4 is 35.0 Å². The molecular formula is C22H26ClF2N5O4. The number of aromatic nitrogens is 2. The fourth-order valence-corrected chi connectivity index (χ4v) is 3.93. The molecule has 3 rings (SSSR count). The van der Waals surface area contributed by atoms with Crippen molar-refractivity contribution in [1.82, 2.24) is 20.6 Å². The van der Waals surface area contributed by atoms with Crippen LogP contribution in [0.25, 0.3) is 0 Å². The largest absolute Gasteiger partial charge is 0.380 e. The van der Waals surface area contributed by atoms with Gasteiger partial charge in [-0.05, 0) is 38.7 Å². The van der Waals surface area contributed by atoms with Gasteiger partial charge >= 0.3 is 0 Å². The normalized spacial score (nSPS) is 18.7. The van der Waals surface area contributed by atoms with E-state index in [0.717, 1.165) is 6.07 Å². The van der Waals surface area contributed by atoms with Crippen LogP contribution >= 0.6 is 11.6 Å². The van der Waals surface area contributed by atoms with Crippen LogP contribution in [0.4, 0.5) is 14.5 Å². The first-order valence-corrected chi connectivity index (χ1v) is 11.2. The molecule has 1 unspecified atom stereocenters. The topological polar surface area (TPSA) is 125 Å². The van der Waals surface area contributed by atoms with Gasteiger partial charge in [0.2, 0.25) is 5.91 Å². The van der Waals surface area contributed by atoms with Crippen LogP contribution in [0.1, 0.15) is 53.6 Å². The van der Waals surface area contributed by atoms with Gasteiger partial charge in [0.1, 0.15) is 11.5 Å². The average molecular weight is 498 g/mol. The van der Waals surface area contributed by atoms with Crippen LogP contribution in [0, 0.1) is 17.6 Å². The van der Waals surface area contributed by atoms with Crippen molar-refractivity contribution in [2.24, 2.45) is 5.92 Å². The second-order valence-corrected chi connectivity index (χ2v) is 8.55. The second-order valence-electron chi connectivity index (χ2n) is 8.14. The number of hydrogen-bond acceptors (Lipinski definition) is 5. The Bertz CT molecular complexity index is 1030. The molecule has 1 heterocycles. The number of aromatic amines is 1. The molecule has 4 N–H and O–H groups in total. The number of amides is 3. The lowest BCUT2D eigenvalue weighted by atomic mass is 9.85. The zero-order valence-corrected chi connectivity index (χ0v) is 19.5. The Morgan fingerprint density at radius 3 is 2.56 bits per heavy atom. The molecule has 1 aliphatic rings. The van der Waals surface area contributed by atoms with E-state index in [-0.39, 0.29) is 40.8 Å². The van der Waals surface area contributed by atoms with Gasteiger partial charge in [0.15, 0.2) is 11.5 Å². The summed E-state index contributed by atoms with van der Waals surface area (Å²) in [6, 6.07) is 1.36. The summed E-state index contributed by atoms with van der Waals surface area (Å²) in [4.78, 5) is 44.2. The Kier molecular flexibility index (Phi) is 8.56. The minimum Gasteiger partial charge on any atom is -0.380 e. The van der Waals surface area contributed by atoms with Crippen LogP contribution in [0.5, 0.6) is 0 Å². The lowest BCUT2D eigenvalue weighted by Crippen LogP contribution is -2.40. The highest BCUT2D eigenvalue weighted by Gasteiger charge is 2.29. The number of nitrogens with zero attached hydrogens (tertiary/aromatic N) is 1. The van der Waals surface area contributed by atoms with Crippen LogP contribution in [0.2, 0.25) is 5.02 Å². The molecule has 1 aromatic carbocycles. The Labute approximate surface area is 200 Å². The molecule has 0 spiro atoms. The predicted octanol–water partition coefficient (Wildman–Crippen LogP) is 3.03. The smallest absolute Gasteiger partial charge is 0.272 e. The summed E-state index contributed by atoms with van der Waals surface area (Å²) in [6.45, 7) is 2.06. The van der Waals surface area contributed by atoms with Gasteiger partial charge in [-0.3, -0.25) is 14.4 Å². The number of carbonyl (C=O) groups excluding carboxylic acids is 3. The number of ether oxygens (including phenoxy) is 1. The van der Waals surface area contributed by atoms with Crippen molar-refractivity contribution in [2.45, 2.75) is 44.8 Å². The van der Waals surface area contributed by atoms with Gasteiger partial charge in [-0.15, -0.1) is 0 Å². The van der Waals surface area contributed by atoms with Crippen LogP contribution in [0.15, 0.2) is 18.5 Å². The maximum atomic E-state index is 13.9. The molecule has 184 valence electrons. The molecule has 1 fully saturated rings. The second kappa shape index (κ2) is 11.4. The number of benzene rings is 1. The summed E-state index contributed by atoms with van der Waals surface area (Å²) in [5.41, 5.74) is -0.232. The van der Waals surface area contributed by atoms with Crippen molar-refractivity contribution in [3.05, 3.63) is 46.5 Å². The van der Waals surface area contributed by atoms with Crippen LogP contribution < -0.4 is 16.0 Å². The number of H-pyrrole nitrogens is 1. The van der Waals surface area contributed by atoms with E-state index >= 15 is 0 Å². The van der Waals surface area contributed by atoms with Crippen LogP contribution in [-0.2, 0) is 9.53 Å². The third kappa shape index (κ3) is 6.29. The van der Waals surface area contributed by atoms with Gasteiger partial charge in [-0.2, -0.15) is 0 Å². The Balaban J connectivity index is 1.52. The standard InChI is InChI=1S/C22H26ClF2N5O4/c1-11(34-2)9-26-21(32)18-19(28-10-27-18)22(33)29-14-5-3-12(4-6-14)20(31)30-17-15(23)7-13(24)8-16(17)25/h7-8,10-12,14H,3-6,9H2,1-2H3,(H,26,32)(H,27,28)(H,29,33)(H,30,31)/t11?,12-,14-. The average Bonchev–Trinajstić information content (AvgIpc) is 3.30. The molecule has 1 aliphatic carbocycles. The van der Waals surface area contributed by atoms with E-state index in [0.29, 0.717) is 31.7 Å². The number of methoxy groups -OCH3 is 1. The van der Waals surface area contributed by atoms with E-state index < -0.39 is 35.3 Å². The summed E-state index contributed by atoms with van der Waals surface area (Å²) in [6.07, 6.45) is 2.98. The van der Waals surface area contributed by atoms with Crippen LogP contribution in [0.3, 0.4) is 0 Å². The van der Waals surface area contributed by atoms with E-state index in [1.807, 2.05) is 0 Å². The molecule has 3 amide bonds. The number of carbonyl (C=O) groups is 3.